The van der Waals surface area contributed by atoms with Crippen LogP contribution in [0.25, 0.3) is 22.2 Å². The third-order valence-corrected chi connectivity index (χ3v) is 4.77. The lowest BCUT2D eigenvalue weighted by Crippen LogP contribution is -2.33. The third-order valence-electron chi connectivity index (χ3n) is 4.51. The van der Waals surface area contributed by atoms with E-state index in [1.165, 1.54) is 0 Å². The highest BCUT2D eigenvalue weighted by Crippen LogP contribution is 2.30. The zero-order valence-corrected chi connectivity index (χ0v) is 19.3. The summed E-state index contributed by atoms with van der Waals surface area (Å²) in [5.41, 5.74) is 3.72. The van der Waals surface area contributed by atoms with Gasteiger partial charge in [-0.25, -0.2) is 14.8 Å². The molecule has 0 saturated carbocycles. The molecule has 0 bridgehead atoms. The number of nitrogens with one attached hydrogen (secondary N) is 2. The monoisotopic (exact) mass is 445 g/mol. The first-order valence-corrected chi connectivity index (χ1v) is 10.6. The smallest absolute Gasteiger partial charge is 0.407 e. The van der Waals surface area contributed by atoms with Crippen molar-refractivity contribution in [3.63, 3.8) is 0 Å². The summed E-state index contributed by atoms with van der Waals surface area (Å²) >= 11 is 6.30. The Bertz CT molecular complexity index is 1060. The Kier molecular flexibility index (Phi) is 7.00. The zero-order chi connectivity index (χ0) is 22.6. The molecule has 3 rings (SSSR count). The molecule has 166 valence electrons. The van der Waals surface area contributed by atoms with Crippen LogP contribution >= 0.6 is 11.6 Å². The fraction of sp³-hybridized carbons (Fsp3) is 0.455. The zero-order valence-electron chi connectivity index (χ0n) is 18.5. The van der Waals surface area contributed by atoms with Crippen LogP contribution in [0.1, 0.15) is 45.1 Å². The van der Waals surface area contributed by atoms with E-state index in [1.54, 1.807) is 0 Å². The Morgan fingerprint density at radius 1 is 1.13 bits per heavy atom. The lowest BCUT2D eigenvalue weighted by molar-refractivity contribution is 0.0527. The summed E-state index contributed by atoms with van der Waals surface area (Å²) in [6.45, 7) is 10.5. The van der Waals surface area contributed by atoms with Crippen molar-refractivity contribution < 1.29 is 14.1 Å². The fourth-order valence-corrected chi connectivity index (χ4v) is 3.36. The molecule has 0 aliphatic carbocycles. The molecular weight excluding hydrogens is 418 g/mol. The number of ether oxygens (including phenoxy) is 1. The minimum Gasteiger partial charge on any atom is -0.444 e. The van der Waals surface area contributed by atoms with Crippen LogP contribution in [0.3, 0.4) is 0 Å². The number of carbonyl (C=O) groups excluding carboxylic acids is 1. The molecule has 0 spiro atoms. The molecule has 8 nitrogen and oxygen atoms in total. The summed E-state index contributed by atoms with van der Waals surface area (Å²) in [7, 11) is 0. The molecule has 9 heteroatoms. The molecular formula is C22H28ClN5O3. The van der Waals surface area contributed by atoms with Gasteiger partial charge in [0.25, 0.3) is 0 Å². The quantitative estimate of drug-likeness (QED) is 0.477. The topological polar surface area (TPSA) is 102 Å². The van der Waals surface area contributed by atoms with E-state index in [-0.39, 0.29) is 0 Å². The van der Waals surface area contributed by atoms with Crippen LogP contribution in [0.5, 0.6) is 0 Å². The number of aromatic nitrogens is 3. The molecule has 0 aliphatic rings. The van der Waals surface area contributed by atoms with Gasteiger partial charge in [-0.1, -0.05) is 22.8 Å². The number of nitrogens with zero attached hydrogens (tertiary/aromatic N) is 3. The first-order chi connectivity index (χ1) is 14.6. The molecule has 0 atom stereocenters. The Balaban J connectivity index is 1.58. The van der Waals surface area contributed by atoms with Gasteiger partial charge in [0, 0.05) is 18.7 Å². The number of alkyl carbamates (subject to hydrolysis) is 1. The highest BCUT2D eigenvalue weighted by atomic mass is 35.5. The van der Waals surface area contributed by atoms with Gasteiger partial charge < -0.3 is 19.9 Å². The van der Waals surface area contributed by atoms with Gasteiger partial charge >= 0.3 is 6.09 Å². The highest BCUT2D eigenvalue weighted by Gasteiger charge is 2.16. The number of fused-ring (bicyclic) bond motifs is 1. The standard InChI is InChI=1S/C22H28ClN5O3/c1-13-18(14(2)31-28-13)15-8-9-16-17(12-15)27-20(19(23)26-16)24-10-6-7-11-25-21(29)30-22(3,4)5/h8-9,12H,6-7,10-11H2,1-5H3,(H,24,27)(H,25,29). The van der Waals surface area contributed by atoms with Crippen LogP contribution < -0.4 is 10.6 Å². The largest absolute Gasteiger partial charge is 0.444 e. The normalized spacial score (nSPS) is 11.5. The Morgan fingerprint density at radius 2 is 1.87 bits per heavy atom. The summed E-state index contributed by atoms with van der Waals surface area (Å²) in [5.74, 6) is 1.29. The van der Waals surface area contributed by atoms with Crippen LogP contribution in [0.4, 0.5) is 10.6 Å². The summed E-state index contributed by atoms with van der Waals surface area (Å²) in [6.07, 6.45) is 1.21. The number of hydrogen-bond donors (Lipinski definition) is 2. The average Bonchev–Trinajstić information content (AvgIpc) is 3.01. The van der Waals surface area contributed by atoms with Crippen molar-refractivity contribution in [3.05, 3.63) is 34.8 Å². The number of amides is 1. The first kappa shape index (κ1) is 22.8. The molecule has 1 aromatic carbocycles. The fourth-order valence-electron chi connectivity index (χ4n) is 3.16. The minimum atomic E-state index is -0.497. The van der Waals surface area contributed by atoms with Gasteiger partial charge in [-0.3, -0.25) is 0 Å². The van der Waals surface area contributed by atoms with E-state index >= 15 is 0 Å². The van der Waals surface area contributed by atoms with Gasteiger partial charge in [0.2, 0.25) is 0 Å². The van der Waals surface area contributed by atoms with Crippen LogP contribution in [0.2, 0.25) is 5.15 Å². The number of unbranched alkanes of at least 4 members (excludes halogenated alkanes) is 1. The number of aryl methyl sites for hydroxylation is 2. The molecule has 2 aromatic heterocycles. The summed E-state index contributed by atoms with van der Waals surface area (Å²) in [5, 5.41) is 10.3. The highest BCUT2D eigenvalue weighted by molar-refractivity contribution is 6.32. The van der Waals surface area contributed by atoms with Crippen molar-refractivity contribution in [2.75, 3.05) is 18.4 Å². The maximum Gasteiger partial charge on any atom is 0.407 e. The lowest BCUT2D eigenvalue weighted by Gasteiger charge is -2.19. The van der Waals surface area contributed by atoms with E-state index in [9.17, 15) is 4.79 Å². The maximum atomic E-state index is 11.6. The predicted octanol–water partition coefficient (Wildman–Crippen LogP) is 5.27. The van der Waals surface area contributed by atoms with Gasteiger partial charge in [-0.2, -0.15) is 0 Å². The van der Waals surface area contributed by atoms with E-state index in [2.05, 4.69) is 25.8 Å². The van der Waals surface area contributed by atoms with Crippen LogP contribution in [0, 0.1) is 13.8 Å². The average molecular weight is 446 g/mol. The van der Waals surface area contributed by atoms with E-state index in [1.807, 2.05) is 52.8 Å². The maximum absolute atomic E-state index is 11.6. The molecule has 2 N–H and O–H groups in total. The van der Waals surface area contributed by atoms with Crippen molar-refractivity contribution in [2.45, 2.75) is 53.1 Å². The molecule has 0 unspecified atom stereocenters. The number of halogens is 1. The van der Waals surface area contributed by atoms with Gasteiger partial charge in [0.05, 0.1) is 16.7 Å². The number of anilines is 1. The Morgan fingerprint density at radius 3 is 2.55 bits per heavy atom. The SMILES string of the molecule is Cc1noc(C)c1-c1ccc2nc(Cl)c(NCCCCNC(=O)OC(C)(C)C)nc2c1. The van der Waals surface area contributed by atoms with E-state index in [0.29, 0.717) is 29.6 Å². The van der Waals surface area contributed by atoms with Crippen LogP contribution in [-0.4, -0.2) is 39.9 Å². The second-order valence-corrected chi connectivity index (χ2v) is 8.69. The van der Waals surface area contributed by atoms with Gasteiger partial charge in [0.15, 0.2) is 11.0 Å². The van der Waals surface area contributed by atoms with Crippen LogP contribution in [0.15, 0.2) is 22.7 Å². The Labute approximate surface area is 186 Å². The second-order valence-electron chi connectivity index (χ2n) is 8.33. The molecule has 1 amide bonds. The van der Waals surface area contributed by atoms with E-state index in [4.69, 9.17) is 20.9 Å². The van der Waals surface area contributed by atoms with E-state index in [0.717, 1.165) is 40.9 Å². The van der Waals surface area contributed by atoms with Crippen molar-refractivity contribution in [1.29, 1.82) is 0 Å². The second kappa shape index (κ2) is 9.51. The number of rotatable bonds is 7. The van der Waals surface area contributed by atoms with Gasteiger partial charge in [-0.05, 0) is 65.2 Å². The Hall–Kier alpha value is -2.87. The first-order valence-electron chi connectivity index (χ1n) is 10.3. The summed E-state index contributed by atoms with van der Waals surface area (Å²) in [4.78, 5) is 20.7. The van der Waals surface area contributed by atoms with Gasteiger partial charge in [0.1, 0.15) is 11.4 Å². The van der Waals surface area contributed by atoms with Gasteiger partial charge in [-0.15, -0.1) is 0 Å². The van der Waals surface area contributed by atoms with Crippen molar-refractivity contribution in [1.82, 2.24) is 20.4 Å². The molecule has 0 radical (unpaired) electrons. The molecule has 31 heavy (non-hydrogen) atoms. The summed E-state index contributed by atoms with van der Waals surface area (Å²) < 4.78 is 10.5. The lowest BCUT2D eigenvalue weighted by atomic mass is 10.0. The van der Waals surface area contributed by atoms with Crippen molar-refractivity contribution >= 4 is 34.5 Å². The molecule has 0 aliphatic heterocycles. The molecule has 3 aromatic rings. The number of carbonyl (C=O) groups is 1. The third kappa shape index (κ3) is 6.07. The molecule has 0 fully saturated rings. The number of hydrogen-bond acceptors (Lipinski definition) is 7. The minimum absolute atomic E-state index is 0.324. The molecule has 0 saturated heterocycles. The van der Waals surface area contributed by atoms with Crippen molar-refractivity contribution in [3.8, 4) is 11.1 Å². The van der Waals surface area contributed by atoms with E-state index < -0.39 is 11.7 Å². The van der Waals surface area contributed by atoms with Crippen LogP contribution in [-0.2, 0) is 4.74 Å². The number of benzene rings is 1. The molecule has 2 heterocycles. The predicted molar refractivity (Wildman–Crippen MR) is 121 cm³/mol. The summed E-state index contributed by atoms with van der Waals surface area (Å²) in [6, 6.07) is 5.81. The van der Waals surface area contributed by atoms with Crippen molar-refractivity contribution in [2.24, 2.45) is 0 Å².